The number of esters is 1. The van der Waals surface area contributed by atoms with Gasteiger partial charge in [-0.15, -0.1) is 0 Å². The Bertz CT molecular complexity index is 358. The van der Waals surface area contributed by atoms with Crippen molar-refractivity contribution in [3.8, 4) is 0 Å². The molecule has 0 unspecified atom stereocenters. The Morgan fingerprint density at radius 1 is 1.47 bits per heavy atom. The molecule has 0 saturated heterocycles. The van der Waals surface area contributed by atoms with Gasteiger partial charge in [-0.2, -0.15) is 0 Å². The van der Waals surface area contributed by atoms with Crippen LogP contribution in [-0.2, 0) is 16.0 Å². The molecule has 0 saturated carbocycles. The van der Waals surface area contributed by atoms with Gasteiger partial charge in [0.2, 0.25) is 0 Å². The van der Waals surface area contributed by atoms with E-state index in [2.05, 4.69) is 4.74 Å². The highest BCUT2D eigenvalue weighted by Crippen LogP contribution is 2.10. The number of carbonyl (C=O) groups is 1. The molecule has 0 aliphatic carbocycles. The summed E-state index contributed by atoms with van der Waals surface area (Å²) in [4.78, 5) is 10.9. The predicted molar refractivity (Wildman–Crippen MR) is 60.3 cm³/mol. The summed E-state index contributed by atoms with van der Waals surface area (Å²) in [6.45, 7) is 0.600. The van der Waals surface area contributed by atoms with Crippen LogP contribution >= 0.6 is 0 Å². The third-order valence-electron chi connectivity index (χ3n) is 2.07. The molecule has 0 fully saturated rings. The molecule has 1 aromatic carbocycles. The highest BCUT2D eigenvalue weighted by molar-refractivity contribution is 5.87. The summed E-state index contributed by atoms with van der Waals surface area (Å²) in [5.74, 6) is -0.349. The first-order chi connectivity index (χ1) is 7.27. The van der Waals surface area contributed by atoms with Crippen molar-refractivity contribution in [2.75, 3.05) is 13.7 Å². The standard InChI is InChI=1S/C12H15NO2/c1-15-12(14)7-6-10-4-2-3-5-11(10)8-9-13/h2-7H,8-9,13H2,1H3. The average Bonchev–Trinajstić information content (AvgIpc) is 2.28. The van der Waals surface area contributed by atoms with Gasteiger partial charge < -0.3 is 10.5 Å². The fraction of sp³-hybridized carbons (Fsp3) is 0.250. The Balaban J connectivity index is 2.83. The van der Waals surface area contributed by atoms with Crippen LogP contribution in [0.15, 0.2) is 30.3 Å². The Morgan fingerprint density at radius 3 is 2.87 bits per heavy atom. The van der Waals surface area contributed by atoms with Crippen LogP contribution in [0.3, 0.4) is 0 Å². The summed E-state index contributed by atoms with van der Waals surface area (Å²) in [6, 6.07) is 7.84. The van der Waals surface area contributed by atoms with Crippen molar-refractivity contribution < 1.29 is 9.53 Å². The van der Waals surface area contributed by atoms with E-state index in [1.807, 2.05) is 24.3 Å². The average molecular weight is 205 g/mol. The summed E-state index contributed by atoms with van der Waals surface area (Å²) in [5.41, 5.74) is 7.64. The number of benzene rings is 1. The molecule has 0 aromatic heterocycles. The van der Waals surface area contributed by atoms with Crippen molar-refractivity contribution >= 4 is 12.0 Å². The van der Waals surface area contributed by atoms with Crippen LogP contribution in [0.2, 0.25) is 0 Å². The highest BCUT2D eigenvalue weighted by atomic mass is 16.5. The monoisotopic (exact) mass is 205 g/mol. The molecule has 0 radical (unpaired) electrons. The minimum absolute atomic E-state index is 0.349. The van der Waals surface area contributed by atoms with Gasteiger partial charge in [-0.05, 0) is 30.2 Å². The van der Waals surface area contributed by atoms with Crippen LogP contribution in [0.4, 0.5) is 0 Å². The molecule has 3 heteroatoms. The first-order valence-corrected chi connectivity index (χ1v) is 4.82. The first kappa shape index (κ1) is 11.5. The fourth-order valence-corrected chi connectivity index (χ4v) is 1.31. The number of carbonyl (C=O) groups excluding carboxylic acids is 1. The van der Waals surface area contributed by atoms with E-state index in [-0.39, 0.29) is 5.97 Å². The van der Waals surface area contributed by atoms with E-state index >= 15 is 0 Å². The van der Waals surface area contributed by atoms with Gasteiger partial charge in [0.1, 0.15) is 0 Å². The maximum atomic E-state index is 10.9. The van der Waals surface area contributed by atoms with E-state index in [4.69, 9.17) is 5.73 Å². The Hall–Kier alpha value is -1.61. The van der Waals surface area contributed by atoms with Gasteiger partial charge in [-0.1, -0.05) is 24.3 Å². The van der Waals surface area contributed by atoms with Crippen molar-refractivity contribution in [1.82, 2.24) is 0 Å². The SMILES string of the molecule is COC(=O)C=Cc1ccccc1CCN. The van der Waals surface area contributed by atoms with Crippen LogP contribution in [0.5, 0.6) is 0 Å². The fourth-order valence-electron chi connectivity index (χ4n) is 1.31. The van der Waals surface area contributed by atoms with Crippen molar-refractivity contribution in [3.05, 3.63) is 41.5 Å². The molecule has 0 heterocycles. The molecule has 0 bridgehead atoms. The minimum atomic E-state index is -0.349. The summed E-state index contributed by atoms with van der Waals surface area (Å²) >= 11 is 0. The van der Waals surface area contributed by atoms with E-state index in [1.54, 1.807) is 6.08 Å². The number of hydrogen-bond acceptors (Lipinski definition) is 3. The summed E-state index contributed by atoms with van der Waals surface area (Å²) in [6.07, 6.45) is 3.97. The molecule has 0 spiro atoms. The molecule has 0 aliphatic heterocycles. The lowest BCUT2D eigenvalue weighted by Crippen LogP contribution is -2.04. The lowest BCUT2D eigenvalue weighted by molar-refractivity contribution is -0.134. The maximum absolute atomic E-state index is 10.9. The summed E-state index contributed by atoms with van der Waals surface area (Å²) in [7, 11) is 1.36. The molecule has 0 amide bonds. The molecule has 15 heavy (non-hydrogen) atoms. The third-order valence-corrected chi connectivity index (χ3v) is 2.07. The quantitative estimate of drug-likeness (QED) is 0.596. The third kappa shape index (κ3) is 3.56. The number of methoxy groups -OCH3 is 1. The molecule has 0 aliphatic rings. The number of nitrogens with two attached hydrogens (primary N) is 1. The van der Waals surface area contributed by atoms with Crippen molar-refractivity contribution in [3.63, 3.8) is 0 Å². The Kier molecular flexibility index (Phi) is 4.57. The van der Waals surface area contributed by atoms with Crippen LogP contribution in [-0.4, -0.2) is 19.6 Å². The van der Waals surface area contributed by atoms with Crippen LogP contribution in [0.25, 0.3) is 6.08 Å². The molecule has 3 nitrogen and oxygen atoms in total. The summed E-state index contributed by atoms with van der Waals surface area (Å²) < 4.78 is 4.52. The second-order valence-corrected chi connectivity index (χ2v) is 3.09. The molecule has 80 valence electrons. The molecular weight excluding hydrogens is 190 g/mol. The van der Waals surface area contributed by atoms with E-state index in [9.17, 15) is 4.79 Å². The Labute approximate surface area is 89.5 Å². The van der Waals surface area contributed by atoms with Gasteiger partial charge in [-0.25, -0.2) is 4.79 Å². The number of ether oxygens (including phenoxy) is 1. The van der Waals surface area contributed by atoms with Gasteiger partial charge >= 0.3 is 5.97 Å². The lowest BCUT2D eigenvalue weighted by Gasteiger charge is -2.03. The normalized spacial score (nSPS) is 10.5. The maximum Gasteiger partial charge on any atom is 0.330 e. The van der Waals surface area contributed by atoms with E-state index in [1.165, 1.54) is 13.2 Å². The topological polar surface area (TPSA) is 52.3 Å². The molecule has 1 rings (SSSR count). The zero-order valence-corrected chi connectivity index (χ0v) is 8.77. The highest BCUT2D eigenvalue weighted by Gasteiger charge is 1.98. The van der Waals surface area contributed by atoms with Gasteiger partial charge in [0.05, 0.1) is 7.11 Å². The largest absolute Gasteiger partial charge is 0.466 e. The number of rotatable bonds is 4. The summed E-state index contributed by atoms with van der Waals surface area (Å²) in [5, 5.41) is 0. The van der Waals surface area contributed by atoms with Crippen LogP contribution in [0.1, 0.15) is 11.1 Å². The Morgan fingerprint density at radius 2 is 2.20 bits per heavy atom. The molecule has 0 atom stereocenters. The molecular formula is C12H15NO2. The van der Waals surface area contributed by atoms with Crippen molar-refractivity contribution in [1.29, 1.82) is 0 Å². The van der Waals surface area contributed by atoms with Crippen molar-refractivity contribution in [2.24, 2.45) is 5.73 Å². The van der Waals surface area contributed by atoms with Crippen molar-refractivity contribution in [2.45, 2.75) is 6.42 Å². The minimum Gasteiger partial charge on any atom is -0.466 e. The van der Waals surface area contributed by atoms with Crippen LogP contribution in [0, 0.1) is 0 Å². The first-order valence-electron chi connectivity index (χ1n) is 4.82. The smallest absolute Gasteiger partial charge is 0.330 e. The van der Waals surface area contributed by atoms with E-state index in [0.29, 0.717) is 6.54 Å². The van der Waals surface area contributed by atoms with Gasteiger partial charge in [0.25, 0.3) is 0 Å². The second-order valence-electron chi connectivity index (χ2n) is 3.09. The van der Waals surface area contributed by atoms with E-state index in [0.717, 1.165) is 17.5 Å². The zero-order valence-electron chi connectivity index (χ0n) is 8.77. The molecule has 1 aromatic rings. The van der Waals surface area contributed by atoms with Gasteiger partial charge in [0, 0.05) is 6.08 Å². The van der Waals surface area contributed by atoms with Gasteiger partial charge in [-0.3, -0.25) is 0 Å². The van der Waals surface area contributed by atoms with E-state index < -0.39 is 0 Å². The van der Waals surface area contributed by atoms with Gasteiger partial charge in [0.15, 0.2) is 0 Å². The molecule has 2 N–H and O–H groups in total. The lowest BCUT2D eigenvalue weighted by atomic mass is 10.0. The van der Waals surface area contributed by atoms with Crippen LogP contribution < -0.4 is 5.73 Å². The second kappa shape index (κ2) is 5.98. The number of hydrogen-bond donors (Lipinski definition) is 1. The predicted octanol–water partition coefficient (Wildman–Crippen LogP) is 1.37. The zero-order chi connectivity index (χ0) is 11.1.